The molecule has 1 unspecified atom stereocenters. The minimum Gasteiger partial charge on any atom is -0.479 e. The highest BCUT2D eigenvalue weighted by atomic mass is 16.5. The number of nitrogens with one attached hydrogen (secondary N) is 1. The third-order valence-corrected chi connectivity index (χ3v) is 4.21. The summed E-state index contributed by atoms with van der Waals surface area (Å²) >= 11 is 0. The molecule has 1 aromatic carbocycles. The minimum absolute atomic E-state index is 0.107. The van der Waals surface area contributed by atoms with Crippen LogP contribution >= 0.6 is 0 Å². The summed E-state index contributed by atoms with van der Waals surface area (Å²) in [5.74, 6) is 1.60. The Balaban J connectivity index is 1.77. The highest BCUT2D eigenvalue weighted by molar-refractivity contribution is 5.27. The second-order valence-electron chi connectivity index (χ2n) is 5.66. The van der Waals surface area contributed by atoms with Gasteiger partial charge in [0, 0.05) is 12.6 Å². The van der Waals surface area contributed by atoms with Crippen LogP contribution in [0.1, 0.15) is 44.6 Å². The van der Waals surface area contributed by atoms with Crippen molar-refractivity contribution in [1.82, 2.24) is 5.32 Å². The lowest BCUT2D eigenvalue weighted by Crippen LogP contribution is -2.34. The Bertz CT molecular complexity index is 429. The molecule has 2 rings (SSSR count). The van der Waals surface area contributed by atoms with Crippen LogP contribution in [0.4, 0.5) is 0 Å². The molecule has 108 valence electrons. The molecule has 1 aliphatic carbocycles. The smallest absolute Gasteiger partial charge is 0.174 e. The summed E-state index contributed by atoms with van der Waals surface area (Å²) in [4.78, 5) is 0. The molecule has 20 heavy (non-hydrogen) atoms. The van der Waals surface area contributed by atoms with Gasteiger partial charge >= 0.3 is 0 Å². The van der Waals surface area contributed by atoms with Crippen LogP contribution in [-0.2, 0) is 6.54 Å². The van der Waals surface area contributed by atoms with E-state index in [2.05, 4.69) is 24.4 Å². The summed E-state index contributed by atoms with van der Waals surface area (Å²) in [5.41, 5.74) is 1.26. The fraction of sp³-hybridized carbons (Fsp3) is 0.588. The summed E-state index contributed by atoms with van der Waals surface area (Å²) in [6.45, 7) is 3.31. The van der Waals surface area contributed by atoms with Crippen LogP contribution in [0.15, 0.2) is 24.3 Å². The molecule has 3 heteroatoms. The van der Waals surface area contributed by atoms with Crippen molar-refractivity contribution >= 4 is 0 Å². The lowest BCUT2D eigenvalue weighted by atomic mass is 9.84. The quantitative estimate of drug-likeness (QED) is 0.859. The first-order chi connectivity index (χ1) is 9.79. The standard InChI is InChI=1S/C17H24N2O/c1-14(16-5-3-2-4-6-16)19-13-15-7-9-17(10-8-15)20-12-11-18/h7-10,14,16,19H,2-6,12-13H2,1H3. The third-order valence-electron chi connectivity index (χ3n) is 4.21. The summed E-state index contributed by atoms with van der Waals surface area (Å²) in [6.07, 6.45) is 6.93. The van der Waals surface area contributed by atoms with E-state index in [1.54, 1.807) is 0 Å². The highest BCUT2D eigenvalue weighted by Crippen LogP contribution is 2.26. The second-order valence-corrected chi connectivity index (χ2v) is 5.66. The molecular formula is C17H24N2O. The summed E-state index contributed by atoms with van der Waals surface area (Å²) < 4.78 is 5.25. The normalized spacial score (nSPS) is 17.4. The van der Waals surface area contributed by atoms with Gasteiger partial charge in [-0.1, -0.05) is 31.4 Å². The number of nitrogens with zero attached hydrogens (tertiary/aromatic N) is 1. The maximum atomic E-state index is 8.47. The van der Waals surface area contributed by atoms with Crippen LogP contribution in [0.5, 0.6) is 5.75 Å². The zero-order valence-electron chi connectivity index (χ0n) is 12.3. The summed E-state index contributed by atoms with van der Waals surface area (Å²) in [7, 11) is 0. The van der Waals surface area contributed by atoms with E-state index >= 15 is 0 Å². The number of nitriles is 1. The first-order valence-corrected chi connectivity index (χ1v) is 7.61. The molecule has 0 bridgehead atoms. The molecule has 0 amide bonds. The van der Waals surface area contributed by atoms with E-state index in [1.165, 1.54) is 37.7 Å². The Morgan fingerprint density at radius 1 is 1.25 bits per heavy atom. The Kier molecular flexibility index (Phi) is 5.88. The van der Waals surface area contributed by atoms with Crippen LogP contribution in [0.2, 0.25) is 0 Å². The van der Waals surface area contributed by atoms with E-state index in [-0.39, 0.29) is 6.61 Å². The minimum atomic E-state index is 0.107. The van der Waals surface area contributed by atoms with Crippen molar-refractivity contribution in [2.24, 2.45) is 5.92 Å². The zero-order chi connectivity index (χ0) is 14.2. The van der Waals surface area contributed by atoms with Gasteiger partial charge < -0.3 is 10.1 Å². The average molecular weight is 272 g/mol. The summed E-state index contributed by atoms with van der Waals surface area (Å²) in [6, 6.07) is 10.5. The van der Waals surface area contributed by atoms with Crippen LogP contribution in [0.25, 0.3) is 0 Å². The molecule has 1 aliphatic rings. The molecule has 0 spiro atoms. The molecule has 0 radical (unpaired) electrons. The van der Waals surface area contributed by atoms with Crippen LogP contribution in [0, 0.1) is 17.2 Å². The van der Waals surface area contributed by atoms with E-state index in [1.807, 2.05) is 18.2 Å². The topological polar surface area (TPSA) is 45.0 Å². The van der Waals surface area contributed by atoms with Gasteiger partial charge in [-0.3, -0.25) is 0 Å². The van der Waals surface area contributed by atoms with Gasteiger partial charge in [0.25, 0.3) is 0 Å². The van der Waals surface area contributed by atoms with Gasteiger partial charge in [-0.25, -0.2) is 0 Å². The van der Waals surface area contributed by atoms with E-state index in [0.29, 0.717) is 6.04 Å². The number of hydrogen-bond donors (Lipinski definition) is 1. The van der Waals surface area contributed by atoms with E-state index in [0.717, 1.165) is 18.2 Å². The Hall–Kier alpha value is -1.53. The van der Waals surface area contributed by atoms with Crippen LogP contribution in [-0.4, -0.2) is 12.6 Å². The maximum absolute atomic E-state index is 8.47. The van der Waals surface area contributed by atoms with Gasteiger partial charge in [0.15, 0.2) is 6.61 Å². The highest BCUT2D eigenvalue weighted by Gasteiger charge is 2.19. The van der Waals surface area contributed by atoms with Crippen molar-refractivity contribution in [2.75, 3.05) is 6.61 Å². The largest absolute Gasteiger partial charge is 0.479 e. The van der Waals surface area contributed by atoms with Crippen molar-refractivity contribution in [1.29, 1.82) is 5.26 Å². The van der Waals surface area contributed by atoms with Crippen molar-refractivity contribution in [3.63, 3.8) is 0 Å². The predicted molar refractivity (Wildman–Crippen MR) is 80.4 cm³/mol. The third kappa shape index (κ3) is 4.54. The number of benzene rings is 1. The monoisotopic (exact) mass is 272 g/mol. The molecular weight excluding hydrogens is 248 g/mol. The van der Waals surface area contributed by atoms with Gasteiger partial charge in [0.1, 0.15) is 11.8 Å². The SMILES string of the molecule is CC(NCc1ccc(OCC#N)cc1)C1CCCCC1. The number of ether oxygens (including phenoxy) is 1. The molecule has 1 fully saturated rings. The van der Waals surface area contributed by atoms with Crippen molar-refractivity contribution in [2.45, 2.75) is 51.6 Å². The van der Waals surface area contributed by atoms with Gasteiger partial charge in [-0.15, -0.1) is 0 Å². The predicted octanol–water partition coefficient (Wildman–Crippen LogP) is 3.65. The second kappa shape index (κ2) is 7.91. The Labute approximate surface area is 121 Å². The molecule has 0 saturated heterocycles. The number of rotatable bonds is 6. The first-order valence-electron chi connectivity index (χ1n) is 7.61. The van der Waals surface area contributed by atoms with Crippen molar-refractivity contribution < 1.29 is 4.74 Å². The van der Waals surface area contributed by atoms with Crippen molar-refractivity contribution in [3.05, 3.63) is 29.8 Å². The van der Waals surface area contributed by atoms with Crippen LogP contribution < -0.4 is 10.1 Å². The lowest BCUT2D eigenvalue weighted by molar-refractivity contribution is 0.280. The van der Waals surface area contributed by atoms with E-state index < -0.39 is 0 Å². The van der Waals surface area contributed by atoms with Gasteiger partial charge in [-0.05, 0) is 43.4 Å². The fourth-order valence-corrected chi connectivity index (χ4v) is 2.90. The fourth-order valence-electron chi connectivity index (χ4n) is 2.90. The maximum Gasteiger partial charge on any atom is 0.174 e. The molecule has 1 atom stereocenters. The molecule has 1 N–H and O–H groups in total. The van der Waals surface area contributed by atoms with E-state index in [4.69, 9.17) is 10.00 Å². The first kappa shape index (κ1) is 14.9. The molecule has 3 nitrogen and oxygen atoms in total. The molecule has 0 heterocycles. The van der Waals surface area contributed by atoms with Gasteiger partial charge in [0.2, 0.25) is 0 Å². The van der Waals surface area contributed by atoms with E-state index in [9.17, 15) is 0 Å². The zero-order valence-corrected chi connectivity index (χ0v) is 12.3. The van der Waals surface area contributed by atoms with Gasteiger partial charge in [0.05, 0.1) is 0 Å². The Morgan fingerprint density at radius 3 is 2.60 bits per heavy atom. The summed E-state index contributed by atoms with van der Waals surface area (Å²) in [5, 5.41) is 12.1. The van der Waals surface area contributed by atoms with Crippen molar-refractivity contribution in [3.8, 4) is 11.8 Å². The van der Waals surface area contributed by atoms with Gasteiger partial charge in [-0.2, -0.15) is 5.26 Å². The molecule has 0 aliphatic heterocycles. The Morgan fingerprint density at radius 2 is 1.95 bits per heavy atom. The lowest BCUT2D eigenvalue weighted by Gasteiger charge is -2.28. The number of hydrogen-bond acceptors (Lipinski definition) is 3. The molecule has 1 aromatic rings. The molecule has 1 saturated carbocycles. The molecule has 0 aromatic heterocycles. The average Bonchev–Trinajstić information content (AvgIpc) is 2.52. The van der Waals surface area contributed by atoms with Crippen LogP contribution in [0.3, 0.4) is 0 Å².